The van der Waals surface area contributed by atoms with Crippen molar-refractivity contribution in [3.8, 4) is 0 Å². The number of rotatable bonds is 3. The molecule has 0 fully saturated rings. The molecule has 2 aromatic rings. The maximum atomic E-state index is 11.7. The third-order valence-electron chi connectivity index (χ3n) is 1.48. The number of aromatic nitrogens is 5. The first-order valence-corrected chi connectivity index (χ1v) is 6.09. The predicted octanol–water partition coefficient (Wildman–Crippen LogP) is -0.894. The molecule has 0 saturated heterocycles. The van der Waals surface area contributed by atoms with Crippen LogP contribution in [0.5, 0.6) is 0 Å². The topological polar surface area (TPSA) is 137 Å². The van der Waals surface area contributed by atoms with Crippen LogP contribution >= 0.6 is 11.5 Å². The molecule has 0 aliphatic rings. The molecule has 0 aliphatic heterocycles. The van der Waals surface area contributed by atoms with Crippen LogP contribution in [-0.4, -0.2) is 33.2 Å². The van der Waals surface area contributed by atoms with Gasteiger partial charge in [-0.05, 0) is 5.21 Å². The number of nitrogens with zero attached hydrogens (tertiary/aromatic N) is 5. The minimum absolute atomic E-state index is 0.00321. The number of anilines is 2. The second kappa shape index (κ2) is 3.94. The molecule has 0 aliphatic carbocycles. The van der Waals surface area contributed by atoms with Gasteiger partial charge in [-0.3, -0.25) is 4.72 Å². The van der Waals surface area contributed by atoms with Crippen LogP contribution in [0, 0.1) is 0 Å². The molecule has 0 atom stereocenters. The molecule has 0 unspecified atom stereocenters. The lowest BCUT2D eigenvalue weighted by molar-refractivity contribution is 0.600. The first-order chi connectivity index (χ1) is 7.58. The third kappa shape index (κ3) is 2.20. The minimum atomic E-state index is -3.76. The van der Waals surface area contributed by atoms with Crippen molar-refractivity contribution in [2.24, 2.45) is 0 Å². The minimum Gasteiger partial charge on any atom is -0.368 e. The molecule has 9 nitrogen and oxygen atoms in total. The Morgan fingerprint density at radius 3 is 2.56 bits per heavy atom. The molecular weight excluding hydrogens is 254 g/mol. The fourth-order valence-electron chi connectivity index (χ4n) is 0.812. The Hall–Kier alpha value is -1.88. The zero-order valence-corrected chi connectivity index (χ0v) is 9.23. The van der Waals surface area contributed by atoms with E-state index in [-0.39, 0.29) is 16.0 Å². The van der Waals surface area contributed by atoms with Crippen LogP contribution < -0.4 is 10.5 Å². The third-order valence-corrected chi connectivity index (χ3v) is 3.41. The zero-order valence-electron chi connectivity index (χ0n) is 7.60. The molecular formula is C5H5N7O2S2. The average Bonchev–Trinajstić information content (AvgIpc) is 2.70. The van der Waals surface area contributed by atoms with Crippen molar-refractivity contribution in [3.63, 3.8) is 0 Å². The van der Waals surface area contributed by atoms with E-state index in [4.69, 9.17) is 5.73 Å². The maximum absolute atomic E-state index is 11.7. The second-order valence-electron chi connectivity index (χ2n) is 2.55. The highest BCUT2D eigenvalue weighted by Gasteiger charge is 2.16. The van der Waals surface area contributed by atoms with E-state index < -0.39 is 10.0 Å². The van der Waals surface area contributed by atoms with Crippen molar-refractivity contribution in [1.29, 1.82) is 0 Å². The van der Waals surface area contributed by atoms with Crippen LogP contribution in [0.4, 0.5) is 11.1 Å². The summed E-state index contributed by atoms with van der Waals surface area (Å²) in [6.45, 7) is 0. The Labute approximate surface area is 94.0 Å². The average molecular weight is 259 g/mol. The monoisotopic (exact) mass is 259 g/mol. The molecule has 2 heterocycles. The van der Waals surface area contributed by atoms with Gasteiger partial charge in [-0.25, -0.2) is 18.4 Å². The van der Waals surface area contributed by atoms with E-state index in [1.54, 1.807) is 0 Å². The molecule has 0 spiro atoms. The van der Waals surface area contributed by atoms with E-state index in [2.05, 4.69) is 29.5 Å². The maximum Gasteiger partial charge on any atom is 0.266 e. The van der Waals surface area contributed by atoms with Gasteiger partial charge < -0.3 is 5.73 Å². The lowest BCUT2D eigenvalue weighted by Crippen LogP contribution is -2.13. The van der Waals surface area contributed by atoms with E-state index >= 15 is 0 Å². The fourth-order valence-corrected chi connectivity index (χ4v) is 2.29. The lowest BCUT2D eigenvalue weighted by atomic mass is 10.7. The van der Waals surface area contributed by atoms with Gasteiger partial charge >= 0.3 is 0 Å². The summed E-state index contributed by atoms with van der Waals surface area (Å²) in [5.74, 6) is -0.00321. The van der Waals surface area contributed by atoms with Gasteiger partial charge in [0.05, 0.1) is 12.4 Å². The van der Waals surface area contributed by atoms with E-state index in [1.165, 1.54) is 0 Å². The van der Waals surface area contributed by atoms with Crippen LogP contribution in [-0.2, 0) is 10.0 Å². The molecule has 0 aromatic carbocycles. The first kappa shape index (κ1) is 10.6. The molecule has 11 heteroatoms. The predicted molar refractivity (Wildman–Crippen MR) is 55.0 cm³/mol. The summed E-state index contributed by atoms with van der Waals surface area (Å²) >= 11 is 0.820. The highest BCUT2D eigenvalue weighted by molar-refractivity contribution is 7.92. The summed E-state index contributed by atoms with van der Waals surface area (Å²) in [5.41, 5.74) is 5.24. The Balaban J connectivity index is 2.29. The van der Waals surface area contributed by atoms with Crippen molar-refractivity contribution < 1.29 is 8.42 Å². The molecule has 2 rings (SSSR count). The number of nitrogen functional groups attached to an aromatic ring is 1. The first-order valence-electron chi connectivity index (χ1n) is 3.83. The van der Waals surface area contributed by atoms with Crippen molar-refractivity contribution >= 4 is 32.6 Å². The quantitative estimate of drug-likeness (QED) is 0.723. The second-order valence-corrected chi connectivity index (χ2v) is 4.96. The van der Waals surface area contributed by atoms with Gasteiger partial charge in [-0.1, -0.05) is 9.59 Å². The SMILES string of the molecule is Nc1ncc(S(=O)(=O)Nc2nnns2)cn1. The number of nitrogens with two attached hydrogens (primary N) is 1. The lowest BCUT2D eigenvalue weighted by Gasteiger charge is -2.02. The number of hydrogen-bond donors (Lipinski definition) is 2. The molecule has 0 saturated carbocycles. The molecule has 0 bridgehead atoms. The Bertz CT molecular complexity index is 563. The number of hydrogen-bond acceptors (Lipinski definition) is 9. The van der Waals surface area contributed by atoms with Gasteiger partial charge in [-0.15, -0.1) is 0 Å². The van der Waals surface area contributed by atoms with E-state index in [0.29, 0.717) is 0 Å². The zero-order chi connectivity index (χ0) is 11.6. The Morgan fingerprint density at radius 1 is 1.31 bits per heavy atom. The van der Waals surface area contributed by atoms with Gasteiger partial charge in [0.15, 0.2) is 0 Å². The van der Waals surface area contributed by atoms with Crippen LogP contribution in [0.25, 0.3) is 0 Å². The van der Waals surface area contributed by atoms with Crippen molar-refractivity contribution in [1.82, 2.24) is 24.8 Å². The highest BCUT2D eigenvalue weighted by atomic mass is 32.2. The summed E-state index contributed by atoms with van der Waals surface area (Å²) in [7, 11) is -3.76. The van der Waals surface area contributed by atoms with E-state index in [0.717, 1.165) is 23.9 Å². The normalized spacial score (nSPS) is 11.2. The molecule has 3 N–H and O–H groups in total. The fraction of sp³-hybridized carbons (Fsp3) is 0. The van der Waals surface area contributed by atoms with Crippen LogP contribution in [0.1, 0.15) is 0 Å². The Kier molecular flexibility index (Phi) is 2.62. The van der Waals surface area contributed by atoms with Crippen LogP contribution in [0.3, 0.4) is 0 Å². The van der Waals surface area contributed by atoms with Gasteiger partial charge in [0.1, 0.15) is 4.90 Å². The highest BCUT2D eigenvalue weighted by Crippen LogP contribution is 2.14. The van der Waals surface area contributed by atoms with Crippen molar-refractivity contribution in [3.05, 3.63) is 12.4 Å². The van der Waals surface area contributed by atoms with Crippen LogP contribution in [0.15, 0.2) is 17.3 Å². The van der Waals surface area contributed by atoms with Crippen LogP contribution in [0.2, 0.25) is 0 Å². The standard InChI is InChI=1S/C5H5N7O2S2/c6-4-7-1-3(2-8-4)16(13,14)10-5-9-11-12-15-5/h1-2H,(H2,6,7,8)(H,9,10,12). The molecule has 0 radical (unpaired) electrons. The summed E-state index contributed by atoms with van der Waals surface area (Å²) in [6.07, 6.45) is 2.19. The summed E-state index contributed by atoms with van der Waals surface area (Å²) in [4.78, 5) is 7.03. The molecule has 0 amide bonds. The van der Waals surface area contributed by atoms with Crippen molar-refractivity contribution in [2.75, 3.05) is 10.5 Å². The number of nitrogens with one attached hydrogen (secondary N) is 1. The Morgan fingerprint density at radius 2 is 2.00 bits per heavy atom. The molecule has 84 valence electrons. The van der Waals surface area contributed by atoms with Gasteiger partial charge in [-0.2, -0.15) is 0 Å². The van der Waals surface area contributed by atoms with E-state index in [9.17, 15) is 8.42 Å². The van der Waals surface area contributed by atoms with E-state index in [1.807, 2.05) is 0 Å². The van der Waals surface area contributed by atoms with Gasteiger partial charge in [0.25, 0.3) is 10.0 Å². The van der Waals surface area contributed by atoms with Gasteiger partial charge in [0.2, 0.25) is 11.1 Å². The van der Waals surface area contributed by atoms with Crippen molar-refractivity contribution in [2.45, 2.75) is 4.90 Å². The molecule has 2 aromatic heterocycles. The number of sulfonamides is 1. The largest absolute Gasteiger partial charge is 0.368 e. The molecule has 16 heavy (non-hydrogen) atoms. The summed E-state index contributed by atoms with van der Waals surface area (Å²) < 4.78 is 29.0. The van der Waals surface area contributed by atoms with Gasteiger partial charge in [0, 0.05) is 11.5 Å². The smallest absolute Gasteiger partial charge is 0.266 e. The summed E-state index contributed by atoms with van der Waals surface area (Å²) in [6, 6.07) is 0. The summed E-state index contributed by atoms with van der Waals surface area (Å²) in [5, 5.41) is 6.77.